The van der Waals surface area contributed by atoms with Gasteiger partial charge in [-0.3, -0.25) is 4.90 Å². The molecule has 0 spiro atoms. The summed E-state index contributed by atoms with van der Waals surface area (Å²) in [5.74, 6) is -1.20. The lowest BCUT2D eigenvalue weighted by atomic mass is 10.1. The molecule has 0 aromatic heterocycles. The fraction of sp³-hybridized carbons (Fsp3) is 0.600. The molecule has 1 aliphatic heterocycles. The Morgan fingerprint density at radius 1 is 1.03 bits per heavy atom. The molecule has 7 nitrogen and oxygen atoms in total. The van der Waals surface area contributed by atoms with Crippen LogP contribution >= 0.6 is 0 Å². The summed E-state index contributed by atoms with van der Waals surface area (Å²) >= 11 is 0. The molecule has 1 aromatic rings. The lowest BCUT2D eigenvalue weighted by Crippen LogP contribution is -2.49. The van der Waals surface area contributed by atoms with E-state index in [0.29, 0.717) is 38.3 Å². The summed E-state index contributed by atoms with van der Waals surface area (Å²) in [6, 6.07) is 3.74. The minimum absolute atomic E-state index is 0.0130. The number of carbonyl (C=O) groups is 2. The van der Waals surface area contributed by atoms with E-state index in [-0.39, 0.29) is 12.2 Å². The zero-order valence-corrected chi connectivity index (χ0v) is 17.5. The highest BCUT2D eigenvalue weighted by Crippen LogP contribution is 2.26. The Bertz CT molecular complexity index is 754. The van der Waals surface area contributed by atoms with Crippen LogP contribution in [0, 0.1) is 0 Å². The maximum absolute atomic E-state index is 12.7. The van der Waals surface area contributed by atoms with Gasteiger partial charge in [-0.25, -0.2) is 9.59 Å². The Morgan fingerprint density at radius 3 is 2.20 bits per heavy atom. The highest BCUT2D eigenvalue weighted by molar-refractivity contribution is 5.90. The van der Waals surface area contributed by atoms with Gasteiger partial charge in [0.25, 0.3) is 0 Å². The third-order valence-electron chi connectivity index (χ3n) is 4.14. The summed E-state index contributed by atoms with van der Waals surface area (Å²) in [5, 5.41) is 0. The minimum Gasteiger partial charge on any atom is -0.462 e. The number of esters is 1. The Hall–Kier alpha value is -2.49. The van der Waals surface area contributed by atoms with Crippen molar-refractivity contribution >= 4 is 12.1 Å². The normalized spacial score (nSPS) is 15.6. The minimum atomic E-state index is -4.87. The topological polar surface area (TPSA) is 68.3 Å². The average Bonchev–Trinajstić information content (AvgIpc) is 2.59. The van der Waals surface area contributed by atoms with Gasteiger partial charge in [0.2, 0.25) is 0 Å². The number of hydrogen-bond donors (Lipinski definition) is 0. The summed E-state index contributed by atoms with van der Waals surface area (Å²) in [6.07, 6.45) is -5.27. The van der Waals surface area contributed by atoms with Gasteiger partial charge in [-0.2, -0.15) is 0 Å². The summed E-state index contributed by atoms with van der Waals surface area (Å²) < 4.78 is 52.2. The molecule has 0 N–H and O–H groups in total. The van der Waals surface area contributed by atoms with E-state index < -0.39 is 29.8 Å². The monoisotopic (exact) mass is 432 g/mol. The van der Waals surface area contributed by atoms with E-state index in [4.69, 9.17) is 9.47 Å². The van der Waals surface area contributed by atoms with Gasteiger partial charge in [0.15, 0.2) is 0 Å². The largest absolute Gasteiger partial charge is 0.573 e. The summed E-state index contributed by atoms with van der Waals surface area (Å²) in [6.45, 7) is 9.26. The van der Waals surface area contributed by atoms with Crippen molar-refractivity contribution in [1.82, 2.24) is 9.80 Å². The van der Waals surface area contributed by atoms with Crippen molar-refractivity contribution < 1.29 is 37.0 Å². The molecule has 0 bridgehead atoms. The van der Waals surface area contributed by atoms with Gasteiger partial charge in [0, 0.05) is 32.7 Å². The Morgan fingerprint density at radius 2 is 1.67 bits per heavy atom. The van der Waals surface area contributed by atoms with E-state index in [2.05, 4.69) is 4.74 Å². The van der Waals surface area contributed by atoms with Gasteiger partial charge in [-0.15, -0.1) is 13.2 Å². The summed E-state index contributed by atoms with van der Waals surface area (Å²) in [7, 11) is 0. The van der Waals surface area contributed by atoms with Gasteiger partial charge in [-0.05, 0) is 51.5 Å². The first-order valence-corrected chi connectivity index (χ1v) is 9.63. The van der Waals surface area contributed by atoms with Crippen LogP contribution in [0.1, 0.15) is 43.6 Å². The van der Waals surface area contributed by atoms with Crippen molar-refractivity contribution in [3.63, 3.8) is 0 Å². The number of benzene rings is 1. The second-order valence-electron chi connectivity index (χ2n) is 7.88. The van der Waals surface area contributed by atoms with E-state index in [0.717, 1.165) is 6.07 Å². The van der Waals surface area contributed by atoms with Crippen LogP contribution in [-0.2, 0) is 16.0 Å². The van der Waals surface area contributed by atoms with E-state index >= 15 is 0 Å². The van der Waals surface area contributed by atoms with Crippen molar-refractivity contribution in [2.45, 2.75) is 46.2 Å². The van der Waals surface area contributed by atoms with Crippen molar-refractivity contribution in [3.05, 3.63) is 29.3 Å². The zero-order valence-electron chi connectivity index (χ0n) is 17.5. The molecule has 1 aliphatic rings. The number of carbonyl (C=O) groups excluding carboxylic acids is 2. The van der Waals surface area contributed by atoms with Crippen LogP contribution in [0.25, 0.3) is 0 Å². The van der Waals surface area contributed by atoms with Crippen LogP contribution in [-0.4, -0.2) is 66.6 Å². The molecule has 10 heteroatoms. The quantitative estimate of drug-likeness (QED) is 0.659. The van der Waals surface area contributed by atoms with Gasteiger partial charge in [0.1, 0.15) is 11.4 Å². The Kier molecular flexibility index (Phi) is 7.57. The predicted octanol–water partition coefficient (Wildman–Crippen LogP) is 3.81. The smallest absolute Gasteiger partial charge is 0.462 e. The number of ether oxygens (including phenoxy) is 3. The van der Waals surface area contributed by atoms with Crippen molar-refractivity contribution in [2.24, 2.45) is 0 Å². The van der Waals surface area contributed by atoms with Crippen molar-refractivity contribution in [3.8, 4) is 5.75 Å². The van der Waals surface area contributed by atoms with E-state index in [1.165, 1.54) is 12.1 Å². The molecule has 1 aromatic carbocycles. The molecule has 2 rings (SSSR count). The first-order chi connectivity index (χ1) is 13.9. The number of piperazine rings is 1. The molecular formula is C20H27F3N2O5. The Balaban J connectivity index is 2.07. The van der Waals surface area contributed by atoms with Crippen LogP contribution in [0.2, 0.25) is 0 Å². The standard InChI is InChI=1S/C20H27F3N2O5/c1-5-28-17(26)15-10-14(11-16(12-15)29-20(21,22)23)13-24-6-8-25(9-7-24)18(27)30-19(2,3)4/h10-12H,5-9,13H2,1-4H3. The molecule has 1 heterocycles. The summed E-state index contributed by atoms with van der Waals surface area (Å²) in [5.41, 5.74) is -0.122. The maximum Gasteiger partial charge on any atom is 0.573 e. The molecule has 30 heavy (non-hydrogen) atoms. The number of halogens is 3. The van der Waals surface area contributed by atoms with Gasteiger partial charge < -0.3 is 19.1 Å². The maximum atomic E-state index is 12.7. The van der Waals surface area contributed by atoms with Crippen LogP contribution in [0.4, 0.5) is 18.0 Å². The number of alkyl halides is 3. The van der Waals surface area contributed by atoms with E-state index in [1.54, 1.807) is 32.6 Å². The fourth-order valence-corrected chi connectivity index (χ4v) is 2.95. The van der Waals surface area contributed by atoms with Gasteiger partial charge >= 0.3 is 18.4 Å². The van der Waals surface area contributed by atoms with Crippen LogP contribution in [0.15, 0.2) is 18.2 Å². The molecule has 1 fully saturated rings. The summed E-state index contributed by atoms with van der Waals surface area (Å²) in [4.78, 5) is 27.7. The molecule has 0 radical (unpaired) electrons. The SMILES string of the molecule is CCOC(=O)c1cc(CN2CCN(C(=O)OC(C)(C)C)CC2)cc(OC(F)(F)F)c1. The van der Waals surface area contributed by atoms with Gasteiger partial charge in [0.05, 0.1) is 12.2 Å². The molecule has 1 saturated heterocycles. The van der Waals surface area contributed by atoms with Crippen molar-refractivity contribution in [2.75, 3.05) is 32.8 Å². The second kappa shape index (κ2) is 9.55. The van der Waals surface area contributed by atoms with E-state index in [9.17, 15) is 22.8 Å². The third kappa shape index (κ3) is 7.74. The van der Waals surface area contributed by atoms with Crippen molar-refractivity contribution in [1.29, 1.82) is 0 Å². The van der Waals surface area contributed by atoms with Crippen LogP contribution in [0.3, 0.4) is 0 Å². The van der Waals surface area contributed by atoms with Crippen LogP contribution in [0.5, 0.6) is 5.75 Å². The first kappa shape index (κ1) is 23.8. The predicted molar refractivity (Wildman–Crippen MR) is 102 cm³/mol. The second-order valence-corrected chi connectivity index (χ2v) is 7.88. The van der Waals surface area contributed by atoms with E-state index in [1.807, 2.05) is 4.90 Å². The molecular weight excluding hydrogens is 405 g/mol. The molecule has 1 amide bonds. The highest BCUT2D eigenvalue weighted by atomic mass is 19.4. The molecule has 0 saturated carbocycles. The molecule has 0 unspecified atom stereocenters. The highest BCUT2D eigenvalue weighted by Gasteiger charge is 2.32. The third-order valence-corrected chi connectivity index (χ3v) is 4.14. The molecule has 168 valence electrons. The number of rotatable bonds is 5. The fourth-order valence-electron chi connectivity index (χ4n) is 2.95. The van der Waals surface area contributed by atoms with Gasteiger partial charge in [-0.1, -0.05) is 0 Å². The first-order valence-electron chi connectivity index (χ1n) is 9.63. The Labute approximate surface area is 173 Å². The average molecular weight is 432 g/mol. The lowest BCUT2D eigenvalue weighted by Gasteiger charge is -2.35. The lowest BCUT2D eigenvalue weighted by molar-refractivity contribution is -0.274. The molecule has 0 aliphatic carbocycles. The zero-order chi connectivity index (χ0) is 22.5. The number of nitrogens with zero attached hydrogens (tertiary/aromatic N) is 2. The van der Waals surface area contributed by atoms with Crippen LogP contribution < -0.4 is 4.74 Å². The number of amides is 1. The molecule has 0 atom stereocenters. The number of hydrogen-bond acceptors (Lipinski definition) is 6.